The van der Waals surface area contributed by atoms with Gasteiger partial charge in [-0.25, -0.2) is 9.59 Å². The summed E-state index contributed by atoms with van der Waals surface area (Å²) < 4.78 is 5.12. The van der Waals surface area contributed by atoms with Gasteiger partial charge in [0.1, 0.15) is 11.8 Å². The molecule has 0 aromatic carbocycles. The van der Waals surface area contributed by atoms with E-state index in [-0.39, 0.29) is 6.04 Å². The number of furan rings is 1. The van der Waals surface area contributed by atoms with Crippen molar-refractivity contribution in [1.82, 2.24) is 10.6 Å². The van der Waals surface area contributed by atoms with Crippen molar-refractivity contribution in [1.29, 1.82) is 0 Å². The molecular weight excluding hydrogens is 224 g/mol. The molecule has 0 aliphatic heterocycles. The lowest BCUT2D eigenvalue weighted by molar-refractivity contribution is -0.139. The number of carboxylic acids is 1. The number of hydrogen-bond donors (Lipinski definition) is 3. The van der Waals surface area contributed by atoms with Gasteiger partial charge in [0.2, 0.25) is 0 Å². The molecule has 0 saturated heterocycles. The van der Waals surface area contributed by atoms with Crippen LogP contribution in [0.3, 0.4) is 0 Å². The van der Waals surface area contributed by atoms with Gasteiger partial charge in [0, 0.05) is 0 Å². The largest absolute Gasteiger partial charge is 0.480 e. The van der Waals surface area contributed by atoms with Crippen LogP contribution in [0.15, 0.2) is 22.8 Å². The van der Waals surface area contributed by atoms with Crippen molar-refractivity contribution in [2.75, 3.05) is 0 Å². The Balaban J connectivity index is 2.47. The van der Waals surface area contributed by atoms with E-state index in [1.54, 1.807) is 26.0 Å². The van der Waals surface area contributed by atoms with Gasteiger partial charge < -0.3 is 20.2 Å². The minimum atomic E-state index is -1.05. The summed E-state index contributed by atoms with van der Waals surface area (Å²) in [7, 11) is 0. The highest BCUT2D eigenvalue weighted by Gasteiger charge is 2.19. The molecule has 2 atom stereocenters. The maximum atomic E-state index is 11.5. The second-order valence-corrected chi connectivity index (χ2v) is 3.65. The predicted molar refractivity (Wildman–Crippen MR) is 60.5 cm³/mol. The summed E-state index contributed by atoms with van der Waals surface area (Å²) in [6, 6.07) is 1.75. The molecule has 0 aliphatic carbocycles. The average Bonchev–Trinajstić information content (AvgIpc) is 2.78. The second kappa shape index (κ2) is 5.93. The van der Waals surface area contributed by atoms with Gasteiger partial charge in [0.15, 0.2) is 0 Å². The maximum absolute atomic E-state index is 11.5. The molecule has 1 heterocycles. The molecule has 17 heavy (non-hydrogen) atoms. The Bertz CT molecular complexity index is 375. The summed E-state index contributed by atoms with van der Waals surface area (Å²) in [5, 5.41) is 13.7. The van der Waals surface area contributed by atoms with E-state index < -0.39 is 18.0 Å². The molecule has 1 unspecified atom stereocenters. The fourth-order valence-corrected chi connectivity index (χ4v) is 1.34. The van der Waals surface area contributed by atoms with Crippen molar-refractivity contribution < 1.29 is 19.1 Å². The Morgan fingerprint density at radius 1 is 1.47 bits per heavy atom. The first-order valence-electron chi connectivity index (χ1n) is 5.37. The second-order valence-electron chi connectivity index (χ2n) is 3.65. The number of aliphatic carboxylic acids is 1. The summed E-state index contributed by atoms with van der Waals surface area (Å²) in [5.41, 5.74) is 0. The van der Waals surface area contributed by atoms with Crippen LogP contribution in [0, 0.1) is 0 Å². The van der Waals surface area contributed by atoms with Gasteiger partial charge in [-0.05, 0) is 25.5 Å². The smallest absolute Gasteiger partial charge is 0.326 e. The normalized spacial score (nSPS) is 13.8. The van der Waals surface area contributed by atoms with E-state index in [1.807, 2.05) is 0 Å². The number of nitrogens with one attached hydrogen (secondary N) is 2. The van der Waals surface area contributed by atoms with Crippen LogP contribution in [-0.4, -0.2) is 23.1 Å². The SMILES string of the molecule is CC[C@@H](NC(=O)NC(C)c1ccco1)C(=O)O. The molecule has 0 spiro atoms. The number of carbonyl (C=O) groups excluding carboxylic acids is 1. The Morgan fingerprint density at radius 3 is 2.65 bits per heavy atom. The lowest BCUT2D eigenvalue weighted by Crippen LogP contribution is -2.46. The number of amides is 2. The van der Waals surface area contributed by atoms with E-state index >= 15 is 0 Å². The molecule has 1 aromatic heterocycles. The van der Waals surface area contributed by atoms with E-state index in [0.29, 0.717) is 12.2 Å². The maximum Gasteiger partial charge on any atom is 0.326 e. The van der Waals surface area contributed by atoms with Crippen LogP contribution in [-0.2, 0) is 4.79 Å². The fraction of sp³-hybridized carbons (Fsp3) is 0.455. The Labute approximate surface area is 99.0 Å². The summed E-state index contributed by atoms with van der Waals surface area (Å²) in [5.74, 6) is -0.433. The van der Waals surface area contributed by atoms with Crippen molar-refractivity contribution in [2.45, 2.75) is 32.4 Å². The van der Waals surface area contributed by atoms with Gasteiger partial charge in [-0.15, -0.1) is 0 Å². The highest BCUT2D eigenvalue weighted by molar-refractivity contribution is 5.82. The number of hydrogen-bond acceptors (Lipinski definition) is 3. The molecule has 6 heteroatoms. The lowest BCUT2D eigenvalue weighted by atomic mass is 10.2. The third-order valence-corrected chi connectivity index (χ3v) is 2.33. The highest BCUT2D eigenvalue weighted by Crippen LogP contribution is 2.11. The predicted octanol–water partition coefficient (Wildman–Crippen LogP) is 1.50. The van der Waals surface area contributed by atoms with Crippen LogP contribution in [0.5, 0.6) is 0 Å². The molecule has 0 radical (unpaired) electrons. The first-order chi connectivity index (χ1) is 8.04. The van der Waals surface area contributed by atoms with Gasteiger partial charge in [-0.1, -0.05) is 6.92 Å². The highest BCUT2D eigenvalue weighted by atomic mass is 16.4. The zero-order chi connectivity index (χ0) is 12.8. The van der Waals surface area contributed by atoms with E-state index in [1.165, 1.54) is 6.26 Å². The number of carboxylic acid groups (broad SMARTS) is 1. The lowest BCUT2D eigenvalue weighted by Gasteiger charge is -2.16. The van der Waals surface area contributed by atoms with Crippen LogP contribution in [0.4, 0.5) is 4.79 Å². The first-order valence-corrected chi connectivity index (χ1v) is 5.37. The summed E-state index contributed by atoms with van der Waals surface area (Å²) >= 11 is 0. The number of rotatable bonds is 5. The van der Waals surface area contributed by atoms with Crippen molar-refractivity contribution in [2.24, 2.45) is 0 Å². The third-order valence-electron chi connectivity index (χ3n) is 2.33. The minimum absolute atomic E-state index is 0.309. The molecular formula is C11H16N2O4. The average molecular weight is 240 g/mol. The molecule has 6 nitrogen and oxygen atoms in total. The monoisotopic (exact) mass is 240 g/mol. The van der Waals surface area contributed by atoms with Gasteiger partial charge >= 0.3 is 12.0 Å². The molecule has 0 aliphatic rings. The fourth-order valence-electron chi connectivity index (χ4n) is 1.34. The van der Waals surface area contributed by atoms with Gasteiger partial charge in [0.25, 0.3) is 0 Å². The molecule has 0 fully saturated rings. The van der Waals surface area contributed by atoms with Crippen molar-refractivity contribution in [3.05, 3.63) is 24.2 Å². The molecule has 94 valence electrons. The molecule has 0 bridgehead atoms. The molecule has 0 saturated carbocycles. The van der Waals surface area contributed by atoms with Gasteiger partial charge in [0.05, 0.1) is 12.3 Å². The quantitative estimate of drug-likeness (QED) is 0.727. The Morgan fingerprint density at radius 2 is 2.18 bits per heavy atom. The summed E-state index contributed by atoms with van der Waals surface area (Å²) in [4.78, 5) is 22.2. The zero-order valence-corrected chi connectivity index (χ0v) is 9.77. The molecule has 3 N–H and O–H groups in total. The van der Waals surface area contributed by atoms with Crippen LogP contribution in [0.1, 0.15) is 32.1 Å². The number of urea groups is 1. The molecule has 2 amide bonds. The molecule has 1 aromatic rings. The Hall–Kier alpha value is -1.98. The van der Waals surface area contributed by atoms with E-state index in [2.05, 4.69) is 10.6 Å². The minimum Gasteiger partial charge on any atom is -0.480 e. The molecule has 1 rings (SSSR count). The van der Waals surface area contributed by atoms with Gasteiger partial charge in [-0.2, -0.15) is 0 Å². The van der Waals surface area contributed by atoms with E-state index in [0.717, 1.165) is 0 Å². The zero-order valence-electron chi connectivity index (χ0n) is 9.77. The van der Waals surface area contributed by atoms with Crippen molar-refractivity contribution >= 4 is 12.0 Å². The van der Waals surface area contributed by atoms with Crippen LogP contribution in [0.2, 0.25) is 0 Å². The first kappa shape index (κ1) is 13.1. The standard InChI is InChI=1S/C11H16N2O4/c1-3-8(10(14)15)13-11(16)12-7(2)9-5-4-6-17-9/h4-8H,3H2,1-2H3,(H,14,15)(H2,12,13,16)/t7?,8-/m1/s1. The van der Waals surface area contributed by atoms with Crippen LogP contribution in [0.25, 0.3) is 0 Å². The number of carbonyl (C=O) groups is 2. The van der Waals surface area contributed by atoms with Crippen molar-refractivity contribution in [3.63, 3.8) is 0 Å². The summed E-state index contributed by atoms with van der Waals surface area (Å²) in [6.07, 6.45) is 1.84. The third kappa shape index (κ3) is 3.82. The van der Waals surface area contributed by atoms with Crippen molar-refractivity contribution in [3.8, 4) is 0 Å². The summed E-state index contributed by atoms with van der Waals surface area (Å²) in [6.45, 7) is 3.44. The Kier molecular flexibility index (Phi) is 4.56. The van der Waals surface area contributed by atoms with E-state index in [4.69, 9.17) is 9.52 Å². The topological polar surface area (TPSA) is 91.6 Å². The van der Waals surface area contributed by atoms with Crippen LogP contribution < -0.4 is 10.6 Å². The van der Waals surface area contributed by atoms with Crippen LogP contribution >= 0.6 is 0 Å². The van der Waals surface area contributed by atoms with E-state index in [9.17, 15) is 9.59 Å². The van der Waals surface area contributed by atoms with Gasteiger partial charge in [-0.3, -0.25) is 0 Å².